The largest absolute Gasteiger partial charge is 0.369 e. The minimum atomic E-state index is 0. The predicted molar refractivity (Wildman–Crippen MR) is 129 cm³/mol. The summed E-state index contributed by atoms with van der Waals surface area (Å²) < 4.78 is 0. The molecule has 0 aliphatic carbocycles. The minimum Gasteiger partial charge on any atom is -0.369 e. The Labute approximate surface area is 194 Å². The second-order valence-electron chi connectivity index (χ2n) is 7.71. The maximum atomic E-state index is 12.4. The van der Waals surface area contributed by atoms with Crippen LogP contribution in [0.5, 0.6) is 0 Å². The fourth-order valence-corrected chi connectivity index (χ4v) is 3.97. The Hall–Kier alpha value is -0.720. The number of nitrogens with zero attached hydrogens (tertiary/aromatic N) is 3. The third-order valence-corrected chi connectivity index (χ3v) is 5.90. The highest BCUT2D eigenvalue weighted by Gasteiger charge is 2.19. The van der Waals surface area contributed by atoms with Crippen LogP contribution < -0.4 is 10.2 Å². The number of carbonyl (C=O) groups is 1. The summed E-state index contributed by atoms with van der Waals surface area (Å²) in [6.07, 6.45) is 4.22. The highest BCUT2D eigenvalue weighted by molar-refractivity contribution is 5.86. The summed E-state index contributed by atoms with van der Waals surface area (Å²) in [6.45, 7) is 8.34. The molecule has 0 spiro atoms. The van der Waals surface area contributed by atoms with Gasteiger partial charge in [-0.05, 0) is 50.4 Å². The maximum absolute atomic E-state index is 12.4. The van der Waals surface area contributed by atoms with Gasteiger partial charge < -0.3 is 15.1 Å². The number of piperazine rings is 1. The van der Waals surface area contributed by atoms with E-state index in [-0.39, 0.29) is 37.2 Å². The lowest BCUT2D eigenvalue weighted by Crippen LogP contribution is -2.48. The van der Waals surface area contributed by atoms with Crippen molar-refractivity contribution in [3.8, 4) is 0 Å². The number of carbonyl (C=O) groups excluding carboxylic acids is 1. The van der Waals surface area contributed by atoms with Crippen molar-refractivity contribution in [3.63, 3.8) is 0 Å². The fraction of sp³-hybridized carbons (Fsp3) is 0.667. The summed E-state index contributed by atoms with van der Waals surface area (Å²) >= 11 is 0. The van der Waals surface area contributed by atoms with Crippen molar-refractivity contribution in [2.24, 2.45) is 5.92 Å². The van der Waals surface area contributed by atoms with E-state index in [0.29, 0.717) is 12.3 Å². The monoisotopic (exact) mass is 466 g/mol. The molecule has 1 aromatic carbocycles. The SMILES string of the molecule is CN(CCN1CCN(c2ccccc2)CC1)C(=O)CCC1CCNCC1.Cl.Cl.Cl. The Balaban J connectivity index is 0.00000261. The molecule has 0 aromatic heterocycles. The molecule has 168 valence electrons. The zero-order valence-corrected chi connectivity index (χ0v) is 19.9. The Kier molecular flexibility index (Phi) is 14.8. The van der Waals surface area contributed by atoms with Crippen molar-refractivity contribution in [2.45, 2.75) is 25.7 Å². The molecule has 2 saturated heterocycles. The Morgan fingerprint density at radius 3 is 2.28 bits per heavy atom. The lowest BCUT2D eigenvalue weighted by atomic mass is 9.93. The number of rotatable bonds is 7. The molecule has 3 rings (SSSR count). The van der Waals surface area contributed by atoms with Crippen LogP contribution in [0, 0.1) is 5.92 Å². The van der Waals surface area contributed by atoms with Crippen molar-refractivity contribution < 1.29 is 4.79 Å². The van der Waals surface area contributed by atoms with E-state index < -0.39 is 0 Å². The van der Waals surface area contributed by atoms with Crippen molar-refractivity contribution in [1.29, 1.82) is 0 Å². The number of hydrogen-bond donors (Lipinski definition) is 1. The third kappa shape index (κ3) is 9.31. The minimum absolute atomic E-state index is 0. The molecule has 0 bridgehead atoms. The zero-order chi connectivity index (χ0) is 18.2. The van der Waals surface area contributed by atoms with E-state index in [2.05, 4.69) is 45.4 Å². The normalized spacial score (nSPS) is 17.5. The van der Waals surface area contributed by atoms with E-state index in [1.54, 1.807) is 0 Å². The number of halogens is 3. The Morgan fingerprint density at radius 1 is 1.03 bits per heavy atom. The molecule has 2 heterocycles. The fourth-order valence-electron chi connectivity index (χ4n) is 3.97. The molecule has 1 amide bonds. The number of piperidine rings is 1. The first-order chi connectivity index (χ1) is 12.7. The average molecular weight is 468 g/mol. The van der Waals surface area contributed by atoms with Gasteiger partial charge in [0.1, 0.15) is 0 Å². The highest BCUT2D eigenvalue weighted by Crippen LogP contribution is 2.18. The van der Waals surface area contributed by atoms with Crippen LogP contribution in [-0.4, -0.2) is 75.1 Å². The van der Waals surface area contributed by atoms with Crippen LogP contribution in [0.1, 0.15) is 25.7 Å². The van der Waals surface area contributed by atoms with Gasteiger partial charge in [0.15, 0.2) is 0 Å². The molecule has 1 aromatic rings. The zero-order valence-electron chi connectivity index (χ0n) is 17.4. The van der Waals surface area contributed by atoms with Crippen LogP contribution in [-0.2, 0) is 4.79 Å². The summed E-state index contributed by atoms with van der Waals surface area (Å²) in [7, 11) is 1.96. The van der Waals surface area contributed by atoms with Gasteiger partial charge in [-0.1, -0.05) is 18.2 Å². The summed E-state index contributed by atoms with van der Waals surface area (Å²) in [5.74, 6) is 1.05. The first-order valence-electron chi connectivity index (χ1n) is 10.2. The van der Waals surface area contributed by atoms with Gasteiger partial charge >= 0.3 is 0 Å². The Bertz CT molecular complexity index is 550. The predicted octanol–water partition coefficient (Wildman–Crippen LogP) is 3.31. The number of benzene rings is 1. The number of nitrogens with one attached hydrogen (secondary N) is 1. The average Bonchev–Trinajstić information content (AvgIpc) is 2.72. The summed E-state index contributed by atoms with van der Waals surface area (Å²) in [4.78, 5) is 19.2. The molecule has 0 radical (unpaired) electrons. The first kappa shape index (κ1) is 28.3. The number of hydrogen-bond acceptors (Lipinski definition) is 4. The van der Waals surface area contributed by atoms with Crippen LogP contribution in [0.15, 0.2) is 30.3 Å². The van der Waals surface area contributed by atoms with E-state index in [1.807, 2.05) is 11.9 Å². The van der Waals surface area contributed by atoms with Crippen LogP contribution in [0.4, 0.5) is 5.69 Å². The van der Waals surface area contributed by atoms with Gasteiger partial charge in [-0.25, -0.2) is 0 Å². The molecular formula is C21H37Cl3N4O. The first-order valence-corrected chi connectivity index (χ1v) is 10.2. The van der Waals surface area contributed by atoms with Crippen molar-refractivity contribution in [1.82, 2.24) is 15.1 Å². The lowest BCUT2D eigenvalue weighted by Gasteiger charge is -2.36. The molecule has 0 saturated carbocycles. The smallest absolute Gasteiger partial charge is 0.222 e. The topological polar surface area (TPSA) is 38.8 Å². The van der Waals surface area contributed by atoms with E-state index in [0.717, 1.165) is 64.7 Å². The van der Waals surface area contributed by atoms with Gasteiger partial charge in [0.25, 0.3) is 0 Å². The second kappa shape index (κ2) is 15.1. The quantitative estimate of drug-likeness (QED) is 0.668. The van der Waals surface area contributed by atoms with Gasteiger partial charge in [-0.15, -0.1) is 37.2 Å². The molecule has 0 atom stereocenters. The summed E-state index contributed by atoms with van der Waals surface area (Å²) in [5, 5.41) is 3.39. The Morgan fingerprint density at radius 2 is 1.66 bits per heavy atom. The van der Waals surface area contributed by atoms with Gasteiger partial charge in [0.05, 0.1) is 0 Å². The molecule has 5 nitrogen and oxygen atoms in total. The maximum Gasteiger partial charge on any atom is 0.222 e. The van der Waals surface area contributed by atoms with Crippen LogP contribution in [0.3, 0.4) is 0 Å². The van der Waals surface area contributed by atoms with Gasteiger partial charge in [-0.2, -0.15) is 0 Å². The van der Waals surface area contributed by atoms with E-state index >= 15 is 0 Å². The summed E-state index contributed by atoms with van der Waals surface area (Å²) in [5.41, 5.74) is 1.32. The van der Waals surface area contributed by atoms with Crippen molar-refractivity contribution in [2.75, 3.05) is 64.3 Å². The van der Waals surface area contributed by atoms with Crippen molar-refractivity contribution in [3.05, 3.63) is 30.3 Å². The van der Waals surface area contributed by atoms with Crippen LogP contribution >= 0.6 is 37.2 Å². The summed E-state index contributed by atoms with van der Waals surface area (Å²) in [6, 6.07) is 10.6. The third-order valence-electron chi connectivity index (χ3n) is 5.90. The second-order valence-corrected chi connectivity index (χ2v) is 7.71. The van der Waals surface area contributed by atoms with E-state index in [4.69, 9.17) is 0 Å². The van der Waals surface area contributed by atoms with Crippen molar-refractivity contribution >= 4 is 48.8 Å². The van der Waals surface area contributed by atoms with Crippen LogP contribution in [0.2, 0.25) is 0 Å². The molecule has 0 unspecified atom stereocenters. The number of likely N-dealkylation sites (N-methyl/N-ethyl adjacent to an activating group) is 1. The number of anilines is 1. The molecule has 8 heteroatoms. The number of para-hydroxylation sites is 1. The molecular weight excluding hydrogens is 431 g/mol. The molecule has 2 fully saturated rings. The molecule has 2 aliphatic heterocycles. The lowest BCUT2D eigenvalue weighted by molar-refractivity contribution is -0.130. The van der Waals surface area contributed by atoms with Crippen LogP contribution in [0.25, 0.3) is 0 Å². The van der Waals surface area contributed by atoms with Gasteiger partial charge in [-0.3, -0.25) is 9.69 Å². The standard InChI is InChI=1S/C21H34N4O.3ClH/c1-23(21(26)8-7-19-9-11-22-12-10-19)13-14-24-15-17-25(18-16-24)20-5-3-2-4-6-20;;;/h2-6,19,22H,7-18H2,1H3;3*1H. The van der Waals surface area contributed by atoms with E-state index in [1.165, 1.54) is 18.5 Å². The molecule has 1 N–H and O–H groups in total. The number of amides is 1. The molecule has 2 aliphatic rings. The molecule has 29 heavy (non-hydrogen) atoms. The van der Waals surface area contributed by atoms with Gasteiger partial charge in [0.2, 0.25) is 5.91 Å². The van der Waals surface area contributed by atoms with E-state index in [9.17, 15) is 4.79 Å². The highest BCUT2D eigenvalue weighted by atomic mass is 35.5. The van der Waals surface area contributed by atoms with Gasteiger partial charge in [0, 0.05) is 58.4 Å².